The van der Waals surface area contributed by atoms with Gasteiger partial charge in [-0.1, -0.05) is 54.4 Å². The predicted molar refractivity (Wildman–Crippen MR) is 271 cm³/mol. The molecule has 2 saturated heterocycles. The number of amides is 2. The van der Waals surface area contributed by atoms with E-state index in [1.165, 1.54) is 33.6 Å². The Morgan fingerprint density at radius 2 is 1.60 bits per heavy atom. The highest BCUT2D eigenvalue weighted by Crippen LogP contribution is 2.43. The normalized spacial score (nSPS) is 19.1. The van der Waals surface area contributed by atoms with Crippen molar-refractivity contribution in [3.63, 3.8) is 0 Å². The van der Waals surface area contributed by atoms with Crippen molar-refractivity contribution in [3.8, 4) is 0 Å². The van der Waals surface area contributed by atoms with Crippen LogP contribution < -0.4 is 20.3 Å². The number of hydrogen-bond acceptors (Lipinski definition) is 10. The van der Waals surface area contributed by atoms with Gasteiger partial charge in [0.25, 0.3) is 5.91 Å². The molecule has 348 valence electrons. The van der Waals surface area contributed by atoms with Crippen molar-refractivity contribution >= 4 is 64.3 Å². The van der Waals surface area contributed by atoms with Crippen LogP contribution in [0.25, 0.3) is 5.57 Å². The van der Waals surface area contributed by atoms with E-state index in [4.69, 9.17) is 21.1 Å². The molecule has 3 N–H and O–H groups in total. The second kappa shape index (κ2) is 23.0. The van der Waals surface area contributed by atoms with Crippen LogP contribution in [0.2, 0.25) is 5.02 Å². The third-order valence-electron chi connectivity index (χ3n) is 12.5. The monoisotopic (exact) mass is 938 g/mol. The molecule has 4 aromatic rings. The van der Waals surface area contributed by atoms with Crippen LogP contribution in [0.1, 0.15) is 74.9 Å². The highest BCUT2D eigenvalue weighted by atomic mass is 35.5. The number of piperazine rings is 1. The zero-order chi connectivity index (χ0) is 45.8. The van der Waals surface area contributed by atoms with Crippen molar-refractivity contribution < 1.29 is 19.1 Å². The number of alkyl carbamates (subject to hydrolysis) is 1. The summed E-state index contributed by atoms with van der Waals surface area (Å²) in [5.74, 6) is 0.858. The van der Waals surface area contributed by atoms with Gasteiger partial charge in [-0.05, 0) is 154 Å². The molecule has 3 aliphatic rings. The number of carbonyl (C=O) groups excluding carboxylic acids is 2. The van der Waals surface area contributed by atoms with E-state index in [-0.39, 0.29) is 17.4 Å². The summed E-state index contributed by atoms with van der Waals surface area (Å²) in [4.78, 5) is 35.6. The lowest BCUT2D eigenvalue weighted by molar-refractivity contribution is 0.0370. The number of hydrogen-bond donors (Lipinski definition) is 3. The van der Waals surface area contributed by atoms with Gasteiger partial charge in [-0.3, -0.25) is 19.3 Å². The van der Waals surface area contributed by atoms with E-state index < -0.39 is 5.60 Å². The van der Waals surface area contributed by atoms with Crippen LogP contribution >= 0.6 is 35.3 Å². The molecule has 65 heavy (non-hydrogen) atoms. The Balaban J connectivity index is 0.899. The molecule has 10 nitrogen and oxygen atoms in total. The Morgan fingerprint density at radius 3 is 2.29 bits per heavy atom. The highest BCUT2D eigenvalue weighted by molar-refractivity contribution is 7.99. The number of nitrogens with one attached hydrogen (secondary N) is 3. The highest BCUT2D eigenvalue weighted by Gasteiger charge is 2.34. The number of anilines is 2. The molecule has 4 aromatic carbocycles. The van der Waals surface area contributed by atoms with Gasteiger partial charge >= 0.3 is 6.09 Å². The fraction of sp³-hybridized carbons (Fsp3) is 0.462. The predicted octanol–water partition coefficient (Wildman–Crippen LogP) is 10.7. The molecule has 0 bridgehead atoms. The number of carbonyl (C=O) groups is 2. The number of nitrogens with zero attached hydrogens (tertiary/aromatic N) is 3. The lowest BCUT2D eigenvalue weighted by atomic mass is 9.71. The van der Waals surface area contributed by atoms with Crippen LogP contribution in [0.4, 0.5) is 16.2 Å². The average molecular weight is 940 g/mol. The summed E-state index contributed by atoms with van der Waals surface area (Å²) in [6, 6.07) is 33.5. The molecule has 2 fully saturated rings. The van der Waals surface area contributed by atoms with E-state index in [0.29, 0.717) is 18.2 Å². The summed E-state index contributed by atoms with van der Waals surface area (Å²) in [5, 5.41) is 7.64. The molecule has 7 rings (SSSR count). The van der Waals surface area contributed by atoms with Gasteiger partial charge in [-0.25, -0.2) is 4.79 Å². The minimum absolute atomic E-state index is 0.0763. The van der Waals surface area contributed by atoms with Gasteiger partial charge in [0, 0.05) is 102 Å². The van der Waals surface area contributed by atoms with Crippen molar-refractivity contribution in [2.24, 2.45) is 5.41 Å². The van der Waals surface area contributed by atoms with E-state index >= 15 is 0 Å². The van der Waals surface area contributed by atoms with Gasteiger partial charge in [0.05, 0.1) is 13.2 Å². The lowest BCUT2D eigenvalue weighted by Gasteiger charge is -2.41. The third kappa shape index (κ3) is 14.9. The van der Waals surface area contributed by atoms with Gasteiger partial charge in [-0.15, -0.1) is 11.8 Å². The zero-order valence-electron chi connectivity index (χ0n) is 38.8. The van der Waals surface area contributed by atoms with Gasteiger partial charge in [0.2, 0.25) is 0 Å². The topological polar surface area (TPSA) is 98.4 Å². The van der Waals surface area contributed by atoms with Crippen LogP contribution in [-0.4, -0.2) is 111 Å². The van der Waals surface area contributed by atoms with E-state index in [9.17, 15) is 9.59 Å². The average Bonchev–Trinajstić information content (AvgIpc) is 3.30. The molecular weight excluding hydrogens is 872 g/mol. The molecule has 1 aliphatic carbocycles. The molecule has 1 unspecified atom stereocenters. The van der Waals surface area contributed by atoms with Crippen LogP contribution in [0.5, 0.6) is 0 Å². The Morgan fingerprint density at radius 1 is 0.877 bits per heavy atom. The zero-order valence-corrected chi connectivity index (χ0v) is 41.2. The first-order valence-electron chi connectivity index (χ1n) is 23.1. The fourth-order valence-corrected chi connectivity index (χ4v) is 10.6. The number of halogens is 1. The Labute approximate surface area is 400 Å². The van der Waals surface area contributed by atoms with Crippen molar-refractivity contribution in [3.05, 3.63) is 124 Å². The molecule has 2 aliphatic heterocycles. The number of aryl methyl sites for hydroxylation is 1. The summed E-state index contributed by atoms with van der Waals surface area (Å²) in [6.45, 7) is 19.8. The Bertz CT molecular complexity index is 2210. The maximum absolute atomic E-state index is 13.3. The third-order valence-corrected chi connectivity index (χ3v) is 14.7. The van der Waals surface area contributed by atoms with Gasteiger partial charge in [0.1, 0.15) is 5.60 Å². The van der Waals surface area contributed by atoms with Crippen LogP contribution in [0.3, 0.4) is 0 Å². The first kappa shape index (κ1) is 48.8. The molecule has 2 amide bonds. The molecule has 0 aromatic heterocycles. The SMILES string of the molecule is Cc1cc(SNC(=O)c2ccc(N3CCN(CC4=C(c5ccc(Cl)cc5)CCC(C)(CNC(=O)OC(C)(C)C)C4)CC3)cc2)ccc1N[C@H](CCN1CCOCC1)CSc1ccccc1. The number of ether oxygens (including phenoxy) is 2. The molecule has 2 heterocycles. The second-order valence-corrected chi connectivity index (χ2v) is 21.4. The molecular formula is C52H67ClN6O4S2. The first-order valence-corrected chi connectivity index (χ1v) is 25.3. The van der Waals surface area contributed by atoms with E-state index in [1.54, 1.807) is 0 Å². The number of benzene rings is 4. The fourth-order valence-electron chi connectivity index (χ4n) is 8.79. The smallest absolute Gasteiger partial charge is 0.407 e. The van der Waals surface area contributed by atoms with Crippen molar-refractivity contribution in [2.45, 2.75) is 81.7 Å². The minimum Gasteiger partial charge on any atom is -0.444 e. The largest absolute Gasteiger partial charge is 0.444 e. The van der Waals surface area contributed by atoms with Crippen molar-refractivity contribution in [2.75, 3.05) is 88.1 Å². The number of allylic oxidation sites excluding steroid dienone is 1. The van der Waals surface area contributed by atoms with Crippen molar-refractivity contribution in [1.82, 2.24) is 19.8 Å². The second-order valence-electron chi connectivity index (χ2n) is 19.0. The standard InChI is InChI=1S/C52H67ClN6O4S2/c1-38-33-46(19-20-48(38)55-43(22-24-57-29-31-62-32-30-57)36-64-45-9-7-6-8-10-45)65-56-49(60)40-13-17-44(18-14-40)59-27-25-58(26-28-59)35-41-34-52(5,37-54-50(61)63-51(2,3)4)23-21-47(41)39-11-15-42(53)16-12-39/h6-20,33,43,55H,21-32,34-37H2,1-5H3,(H,54,61)(H,56,60)/t43-,52?/m1/s1. The maximum atomic E-state index is 13.3. The van der Waals surface area contributed by atoms with Crippen LogP contribution in [0.15, 0.2) is 112 Å². The quantitative estimate of drug-likeness (QED) is 0.0701. The lowest BCUT2D eigenvalue weighted by Crippen LogP contribution is -2.47. The summed E-state index contributed by atoms with van der Waals surface area (Å²) in [5.41, 5.74) is 7.46. The number of rotatable bonds is 17. The summed E-state index contributed by atoms with van der Waals surface area (Å²) in [6.07, 6.45) is 3.50. The minimum atomic E-state index is -0.536. The van der Waals surface area contributed by atoms with Gasteiger partial charge in [0.15, 0.2) is 0 Å². The summed E-state index contributed by atoms with van der Waals surface area (Å²) in [7, 11) is 0. The van der Waals surface area contributed by atoms with E-state index in [0.717, 1.165) is 124 Å². The molecule has 0 spiro atoms. The molecule has 13 heteroatoms. The number of morpholine rings is 1. The Hall–Kier alpha value is -4.17. The van der Waals surface area contributed by atoms with Crippen LogP contribution in [-0.2, 0) is 9.47 Å². The van der Waals surface area contributed by atoms with Crippen molar-refractivity contribution in [1.29, 1.82) is 0 Å². The van der Waals surface area contributed by atoms with E-state index in [1.807, 2.05) is 56.8 Å². The molecule has 0 radical (unpaired) electrons. The maximum Gasteiger partial charge on any atom is 0.407 e. The molecule has 2 atom stereocenters. The summed E-state index contributed by atoms with van der Waals surface area (Å²) >= 11 is 9.53. The van der Waals surface area contributed by atoms with Gasteiger partial charge < -0.3 is 25.0 Å². The van der Waals surface area contributed by atoms with E-state index in [2.05, 4.69) is 117 Å². The van der Waals surface area contributed by atoms with Gasteiger partial charge in [-0.2, -0.15) is 0 Å². The Kier molecular flexibility index (Phi) is 17.3. The van der Waals surface area contributed by atoms with Crippen LogP contribution in [0, 0.1) is 12.3 Å². The first-order chi connectivity index (χ1) is 31.3. The summed E-state index contributed by atoms with van der Waals surface area (Å²) < 4.78 is 14.2. The molecule has 0 saturated carbocycles. The number of thioether (sulfide) groups is 1.